The highest BCUT2D eigenvalue weighted by Crippen LogP contribution is 2.38. The zero-order valence-electron chi connectivity index (χ0n) is 9.14. The molecule has 2 N–H and O–H groups in total. The van der Waals surface area contributed by atoms with E-state index in [0.717, 1.165) is 19.3 Å². The van der Waals surface area contributed by atoms with Gasteiger partial charge in [-0.3, -0.25) is 4.52 Å². The molecule has 0 rings (SSSR count). The van der Waals surface area contributed by atoms with Crippen LogP contribution < -0.4 is 0 Å². The third-order valence-corrected chi connectivity index (χ3v) is 3.09. The summed E-state index contributed by atoms with van der Waals surface area (Å²) in [6.07, 6.45) is 3.53. The molecular weight excluding hydrogens is 203 g/mol. The highest BCUT2D eigenvalue weighted by atomic mass is 31.2. The van der Waals surface area contributed by atoms with E-state index >= 15 is 0 Å². The van der Waals surface area contributed by atoms with Gasteiger partial charge in [-0.25, -0.2) is 4.57 Å². The van der Waals surface area contributed by atoms with E-state index in [2.05, 4.69) is 18.4 Å². The summed E-state index contributed by atoms with van der Waals surface area (Å²) in [6, 6.07) is 0. The van der Waals surface area contributed by atoms with Crippen LogP contribution in [0.4, 0.5) is 0 Å². The zero-order chi connectivity index (χ0) is 11.2. The number of hydrogen-bond acceptors (Lipinski definition) is 2. The van der Waals surface area contributed by atoms with Gasteiger partial charge in [-0.2, -0.15) is 0 Å². The molecule has 0 spiro atoms. The lowest BCUT2D eigenvalue weighted by Gasteiger charge is -2.17. The van der Waals surface area contributed by atoms with Crippen molar-refractivity contribution in [3.8, 4) is 0 Å². The Labute approximate surface area is 85.9 Å². The lowest BCUT2D eigenvalue weighted by Crippen LogP contribution is -2.09. The highest BCUT2D eigenvalue weighted by Gasteiger charge is 2.19. The molecule has 0 radical (unpaired) electrons. The van der Waals surface area contributed by atoms with E-state index in [9.17, 15) is 4.57 Å². The predicted molar refractivity (Wildman–Crippen MR) is 55.9 cm³/mol. The zero-order valence-corrected chi connectivity index (χ0v) is 10.0. The molecule has 14 heavy (non-hydrogen) atoms. The van der Waals surface area contributed by atoms with Gasteiger partial charge in [0.2, 0.25) is 0 Å². The molecule has 0 aromatic rings. The maximum atomic E-state index is 10.5. The van der Waals surface area contributed by atoms with Crippen LogP contribution >= 0.6 is 7.82 Å². The van der Waals surface area contributed by atoms with E-state index in [4.69, 9.17) is 9.79 Å². The number of phosphoric ester groups is 1. The molecule has 0 bridgehead atoms. The Morgan fingerprint density at radius 2 is 1.71 bits per heavy atom. The van der Waals surface area contributed by atoms with Gasteiger partial charge in [0.1, 0.15) is 0 Å². The molecule has 0 heterocycles. The Morgan fingerprint density at radius 1 is 1.21 bits per heavy atom. The second kappa shape index (κ2) is 6.57. The van der Waals surface area contributed by atoms with Gasteiger partial charge in [-0.15, -0.1) is 0 Å². The first-order valence-corrected chi connectivity index (χ1v) is 6.66. The lowest BCUT2D eigenvalue weighted by atomic mass is 9.96. The molecule has 4 nitrogen and oxygen atoms in total. The van der Waals surface area contributed by atoms with Gasteiger partial charge in [0.05, 0.1) is 6.10 Å². The monoisotopic (exact) mass is 224 g/mol. The molecule has 0 aliphatic heterocycles. The summed E-state index contributed by atoms with van der Waals surface area (Å²) in [5, 5.41) is 0. The summed E-state index contributed by atoms with van der Waals surface area (Å²) >= 11 is 0. The van der Waals surface area contributed by atoms with Crippen molar-refractivity contribution in [3.05, 3.63) is 0 Å². The lowest BCUT2D eigenvalue weighted by molar-refractivity contribution is 0.132. The van der Waals surface area contributed by atoms with E-state index in [-0.39, 0.29) is 6.10 Å². The van der Waals surface area contributed by atoms with E-state index in [1.54, 1.807) is 6.92 Å². The number of phosphoric acid groups is 1. The van der Waals surface area contributed by atoms with Crippen molar-refractivity contribution in [2.24, 2.45) is 5.92 Å². The molecule has 0 fully saturated rings. The van der Waals surface area contributed by atoms with Gasteiger partial charge in [-0.05, 0) is 25.7 Å². The largest absolute Gasteiger partial charge is 0.469 e. The van der Waals surface area contributed by atoms with Crippen molar-refractivity contribution in [3.63, 3.8) is 0 Å². The van der Waals surface area contributed by atoms with Gasteiger partial charge in [-0.1, -0.05) is 26.7 Å². The Bertz CT molecular complexity index is 185. The molecule has 0 aromatic carbocycles. The van der Waals surface area contributed by atoms with Gasteiger partial charge in [0.15, 0.2) is 0 Å². The molecule has 5 heteroatoms. The molecule has 0 aliphatic rings. The fourth-order valence-electron chi connectivity index (χ4n) is 1.45. The van der Waals surface area contributed by atoms with Crippen LogP contribution in [-0.2, 0) is 9.09 Å². The van der Waals surface area contributed by atoms with Crippen LogP contribution in [-0.4, -0.2) is 15.9 Å². The average Bonchev–Trinajstić information content (AvgIpc) is 2.03. The molecule has 0 aliphatic carbocycles. The quantitative estimate of drug-likeness (QED) is 0.652. The summed E-state index contributed by atoms with van der Waals surface area (Å²) in [5.74, 6) is 0.637. The van der Waals surface area contributed by atoms with Crippen molar-refractivity contribution < 1.29 is 18.9 Å². The fourth-order valence-corrected chi connectivity index (χ4v) is 2.03. The Morgan fingerprint density at radius 3 is 2.07 bits per heavy atom. The van der Waals surface area contributed by atoms with Crippen LogP contribution in [0, 0.1) is 5.92 Å². The molecule has 86 valence electrons. The standard InChI is InChI=1S/C9H21O4P/c1-4-9(5-2)7-6-8(3)13-14(10,11)12/h8-9H,4-7H2,1-3H3,(H2,10,11,12). The third-order valence-electron chi connectivity index (χ3n) is 2.45. The minimum atomic E-state index is -4.30. The summed E-state index contributed by atoms with van der Waals surface area (Å²) in [4.78, 5) is 17.1. The molecule has 0 saturated heterocycles. The normalized spacial score (nSPS) is 14.7. The van der Waals surface area contributed by atoms with Gasteiger partial charge < -0.3 is 9.79 Å². The summed E-state index contributed by atoms with van der Waals surface area (Å²) in [7, 11) is -4.30. The molecule has 0 saturated carbocycles. The maximum Gasteiger partial charge on any atom is 0.469 e. The van der Waals surface area contributed by atoms with Crippen LogP contribution in [0.15, 0.2) is 0 Å². The van der Waals surface area contributed by atoms with Crippen molar-refractivity contribution in [2.75, 3.05) is 0 Å². The molecule has 1 atom stereocenters. The van der Waals surface area contributed by atoms with Crippen molar-refractivity contribution in [1.29, 1.82) is 0 Å². The summed E-state index contributed by atoms with van der Waals surface area (Å²) < 4.78 is 15.0. The molecule has 0 amide bonds. The Balaban J connectivity index is 3.73. The van der Waals surface area contributed by atoms with Gasteiger partial charge >= 0.3 is 7.82 Å². The van der Waals surface area contributed by atoms with Crippen molar-refractivity contribution in [1.82, 2.24) is 0 Å². The maximum absolute atomic E-state index is 10.5. The summed E-state index contributed by atoms with van der Waals surface area (Å²) in [6.45, 7) is 5.95. The summed E-state index contributed by atoms with van der Waals surface area (Å²) in [5.41, 5.74) is 0. The first-order valence-electron chi connectivity index (χ1n) is 5.13. The number of rotatable bonds is 7. The minimum Gasteiger partial charge on any atom is -0.303 e. The molecular formula is C9H21O4P. The van der Waals surface area contributed by atoms with E-state index in [0.29, 0.717) is 12.3 Å². The van der Waals surface area contributed by atoms with E-state index < -0.39 is 7.82 Å². The number of hydrogen-bond donors (Lipinski definition) is 2. The van der Waals surface area contributed by atoms with E-state index in [1.165, 1.54) is 0 Å². The van der Waals surface area contributed by atoms with Crippen molar-refractivity contribution in [2.45, 2.75) is 52.6 Å². The van der Waals surface area contributed by atoms with Crippen LogP contribution in [0.25, 0.3) is 0 Å². The third kappa shape index (κ3) is 7.51. The second-order valence-corrected chi connectivity index (χ2v) is 4.86. The Hall–Kier alpha value is 0.110. The van der Waals surface area contributed by atoms with Crippen LogP contribution in [0.2, 0.25) is 0 Å². The van der Waals surface area contributed by atoms with Crippen molar-refractivity contribution >= 4 is 7.82 Å². The van der Waals surface area contributed by atoms with E-state index in [1.807, 2.05) is 0 Å². The average molecular weight is 224 g/mol. The fraction of sp³-hybridized carbons (Fsp3) is 1.00. The highest BCUT2D eigenvalue weighted by molar-refractivity contribution is 7.46. The first kappa shape index (κ1) is 14.1. The molecule has 0 aromatic heterocycles. The van der Waals surface area contributed by atoms with Crippen LogP contribution in [0.3, 0.4) is 0 Å². The Kier molecular flexibility index (Phi) is 6.62. The van der Waals surface area contributed by atoms with Gasteiger partial charge in [0, 0.05) is 0 Å². The first-order chi connectivity index (χ1) is 6.39. The second-order valence-electron chi connectivity index (χ2n) is 3.67. The smallest absolute Gasteiger partial charge is 0.303 e. The SMILES string of the molecule is CCC(CC)CCC(C)OP(=O)(O)O. The van der Waals surface area contributed by atoms with Crippen LogP contribution in [0.5, 0.6) is 0 Å². The minimum absolute atomic E-state index is 0.364. The molecule has 1 unspecified atom stereocenters. The topological polar surface area (TPSA) is 66.8 Å². The van der Waals surface area contributed by atoms with Gasteiger partial charge in [0.25, 0.3) is 0 Å². The van der Waals surface area contributed by atoms with Crippen LogP contribution in [0.1, 0.15) is 46.5 Å². The predicted octanol–water partition coefficient (Wildman–Crippen LogP) is 2.70.